The van der Waals surface area contributed by atoms with Crippen LogP contribution in [0.25, 0.3) is 0 Å². The van der Waals surface area contributed by atoms with E-state index in [1.165, 1.54) is 6.07 Å². The van der Waals surface area contributed by atoms with E-state index in [1.54, 1.807) is 18.2 Å². The van der Waals surface area contributed by atoms with Crippen molar-refractivity contribution in [3.05, 3.63) is 35.6 Å². The minimum atomic E-state index is -0.427. The third kappa shape index (κ3) is 3.23. The molecule has 1 aromatic rings. The maximum atomic E-state index is 13.6. The minimum absolute atomic E-state index is 0.146. The van der Waals surface area contributed by atoms with Crippen LogP contribution in [0.15, 0.2) is 24.3 Å². The Balaban J connectivity index is 2.77. The molecule has 0 bridgehead atoms. The van der Waals surface area contributed by atoms with Gasteiger partial charge in [0.1, 0.15) is 5.82 Å². The molecular formula is C12H16FNOS. The lowest BCUT2D eigenvalue weighted by Gasteiger charge is -2.25. The number of rotatable bonds is 4. The molecule has 0 saturated heterocycles. The Bertz CT molecular complexity index is 379. The molecule has 0 aliphatic heterocycles. The van der Waals surface area contributed by atoms with Gasteiger partial charge in [0.25, 0.3) is 0 Å². The normalized spacial score (nSPS) is 11.2. The predicted molar refractivity (Wildman–Crippen MR) is 66.3 cm³/mol. The van der Waals surface area contributed by atoms with E-state index in [0.717, 1.165) is 0 Å². The van der Waals surface area contributed by atoms with Gasteiger partial charge in [-0.3, -0.25) is 4.79 Å². The van der Waals surface area contributed by atoms with Gasteiger partial charge in [-0.2, -0.15) is 12.6 Å². The lowest BCUT2D eigenvalue weighted by molar-refractivity contribution is -0.118. The van der Waals surface area contributed by atoms with Crippen molar-refractivity contribution in [1.29, 1.82) is 0 Å². The number of hydrogen-bond donors (Lipinski definition) is 2. The van der Waals surface area contributed by atoms with Gasteiger partial charge in [-0.25, -0.2) is 4.39 Å². The summed E-state index contributed by atoms with van der Waals surface area (Å²) in [5.41, 5.74) is 0.179. The number of nitrogens with one attached hydrogen (secondary N) is 1. The Morgan fingerprint density at radius 1 is 1.44 bits per heavy atom. The summed E-state index contributed by atoms with van der Waals surface area (Å²) in [6, 6.07) is 6.61. The van der Waals surface area contributed by atoms with E-state index in [0.29, 0.717) is 12.1 Å². The first-order valence-electron chi connectivity index (χ1n) is 5.10. The van der Waals surface area contributed by atoms with Crippen molar-refractivity contribution in [1.82, 2.24) is 5.32 Å². The molecule has 0 atom stereocenters. The molecule has 0 radical (unpaired) electrons. The zero-order valence-electron chi connectivity index (χ0n) is 9.46. The second kappa shape index (κ2) is 5.34. The van der Waals surface area contributed by atoms with Gasteiger partial charge in [0, 0.05) is 12.0 Å². The average molecular weight is 241 g/mol. The van der Waals surface area contributed by atoms with E-state index in [-0.39, 0.29) is 17.5 Å². The SMILES string of the molecule is CC(C)(CNC(=O)CS)c1ccccc1F. The average Bonchev–Trinajstić information content (AvgIpc) is 2.26. The second-order valence-corrected chi connectivity index (χ2v) is 4.61. The van der Waals surface area contributed by atoms with Crippen molar-refractivity contribution in [2.75, 3.05) is 12.3 Å². The van der Waals surface area contributed by atoms with Crippen molar-refractivity contribution in [3.8, 4) is 0 Å². The summed E-state index contributed by atoms with van der Waals surface area (Å²) in [5.74, 6) is -0.242. The van der Waals surface area contributed by atoms with Crippen LogP contribution in [0.4, 0.5) is 4.39 Å². The molecule has 1 amide bonds. The van der Waals surface area contributed by atoms with Crippen LogP contribution in [0.3, 0.4) is 0 Å². The Morgan fingerprint density at radius 3 is 2.62 bits per heavy atom. The lowest BCUT2D eigenvalue weighted by atomic mass is 9.84. The van der Waals surface area contributed by atoms with E-state index in [9.17, 15) is 9.18 Å². The summed E-state index contributed by atoms with van der Waals surface area (Å²) >= 11 is 3.87. The summed E-state index contributed by atoms with van der Waals surface area (Å²) in [7, 11) is 0. The van der Waals surface area contributed by atoms with E-state index in [4.69, 9.17) is 0 Å². The highest BCUT2D eigenvalue weighted by molar-refractivity contribution is 7.81. The van der Waals surface area contributed by atoms with Crippen LogP contribution in [-0.2, 0) is 10.2 Å². The molecule has 1 aromatic carbocycles. The predicted octanol–water partition coefficient (Wildman–Crippen LogP) is 2.15. The summed E-state index contributed by atoms with van der Waals surface area (Å²) in [4.78, 5) is 11.1. The van der Waals surface area contributed by atoms with Crippen molar-refractivity contribution in [3.63, 3.8) is 0 Å². The number of amides is 1. The summed E-state index contributed by atoms with van der Waals surface area (Å²) < 4.78 is 13.6. The number of benzene rings is 1. The zero-order chi connectivity index (χ0) is 12.2. The Morgan fingerprint density at radius 2 is 2.06 bits per heavy atom. The number of hydrogen-bond acceptors (Lipinski definition) is 2. The molecule has 0 aromatic heterocycles. The number of halogens is 1. The van der Waals surface area contributed by atoms with Gasteiger partial charge in [-0.05, 0) is 11.6 Å². The van der Waals surface area contributed by atoms with Crippen molar-refractivity contribution < 1.29 is 9.18 Å². The zero-order valence-corrected chi connectivity index (χ0v) is 10.4. The van der Waals surface area contributed by atoms with Crippen LogP contribution in [0, 0.1) is 5.82 Å². The third-order valence-electron chi connectivity index (χ3n) is 2.47. The van der Waals surface area contributed by atoms with Gasteiger partial charge >= 0.3 is 0 Å². The first-order valence-corrected chi connectivity index (χ1v) is 5.73. The van der Waals surface area contributed by atoms with Crippen LogP contribution in [-0.4, -0.2) is 18.2 Å². The summed E-state index contributed by atoms with van der Waals surface area (Å²) in [6.45, 7) is 4.18. The maximum Gasteiger partial charge on any atom is 0.229 e. The van der Waals surface area contributed by atoms with Crippen LogP contribution in [0.2, 0.25) is 0 Å². The molecule has 0 saturated carbocycles. The van der Waals surface area contributed by atoms with Crippen molar-refractivity contribution in [2.24, 2.45) is 0 Å². The Kier molecular flexibility index (Phi) is 4.35. The molecule has 0 heterocycles. The maximum absolute atomic E-state index is 13.6. The number of carbonyl (C=O) groups excluding carboxylic acids is 1. The fourth-order valence-corrected chi connectivity index (χ4v) is 1.59. The largest absolute Gasteiger partial charge is 0.355 e. The van der Waals surface area contributed by atoms with Crippen molar-refractivity contribution in [2.45, 2.75) is 19.3 Å². The molecule has 0 fully saturated rings. The van der Waals surface area contributed by atoms with Crippen LogP contribution in [0.1, 0.15) is 19.4 Å². The molecule has 0 unspecified atom stereocenters. The topological polar surface area (TPSA) is 29.1 Å². The molecule has 0 spiro atoms. The third-order valence-corrected chi connectivity index (χ3v) is 2.76. The molecule has 16 heavy (non-hydrogen) atoms. The summed E-state index contributed by atoms with van der Waals surface area (Å²) in [5, 5.41) is 2.72. The molecule has 88 valence electrons. The second-order valence-electron chi connectivity index (χ2n) is 4.30. The first-order chi connectivity index (χ1) is 7.47. The van der Waals surface area contributed by atoms with Gasteiger partial charge in [0.2, 0.25) is 5.91 Å². The minimum Gasteiger partial charge on any atom is -0.355 e. The van der Waals surface area contributed by atoms with Gasteiger partial charge in [-0.1, -0.05) is 32.0 Å². The van der Waals surface area contributed by atoms with E-state index in [1.807, 2.05) is 13.8 Å². The highest BCUT2D eigenvalue weighted by Gasteiger charge is 2.24. The van der Waals surface area contributed by atoms with E-state index < -0.39 is 5.41 Å². The van der Waals surface area contributed by atoms with E-state index >= 15 is 0 Å². The number of carbonyl (C=O) groups is 1. The van der Waals surface area contributed by atoms with E-state index in [2.05, 4.69) is 17.9 Å². The Hall–Kier alpha value is -1.03. The molecule has 0 aliphatic rings. The smallest absolute Gasteiger partial charge is 0.229 e. The Labute approximate surface area is 101 Å². The lowest BCUT2D eigenvalue weighted by Crippen LogP contribution is -2.37. The highest BCUT2D eigenvalue weighted by Crippen LogP contribution is 2.24. The molecule has 0 aliphatic carbocycles. The molecular weight excluding hydrogens is 225 g/mol. The molecule has 2 nitrogen and oxygen atoms in total. The van der Waals surface area contributed by atoms with Crippen LogP contribution in [0.5, 0.6) is 0 Å². The van der Waals surface area contributed by atoms with Crippen LogP contribution >= 0.6 is 12.6 Å². The first kappa shape index (κ1) is 13.0. The van der Waals surface area contributed by atoms with Gasteiger partial charge in [0.15, 0.2) is 0 Å². The molecule has 1 rings (SSSR count). The van der Waals surface area contributed by atoms with Gasteiger partial charge in [0.05, 0.1) is 5.75 Å². The molecule has 1 N–H and O–H groups in total. The molecule has 4 heteroatoms. The number of thiol groups is 1. The monoisotopic (exact) mass is 241 g/mol. The standard InChI is InChI=1S/C12H16FNOS/c1-12(2,8-14-11(15)7-16)9-5-3-4-6-10(9)13/h3-6,16H,7-8H2,1-2H3,(H,14,15). The van der Waals surface area contributed by atoms with Crippen LogP contribution < -0.4 is 5.32 Å². The fourth-order valence-electron chi connectivity index (χ4n) is 1.48. The fraction of sp³-hybridized carbons (Fsp3) is 0.417. The van der Waals surface area contributed by atoms with Crippen molar-refractivity contribution >= 4 is 18.5 Å². The highest BCUT2D eigenvalue weighted by atomic mass is 32.1. The summed E-state index contributed by atoms with van der Waals surface area (Å²) in [6.07, 6.45) is 0. The van der Waals surface area contributed by atoms with Gasteiger partial charge < -0.3 is 5.32 Å². The van der Waals surface area contributed by atoms with Gasteiger partial charge in [-0.15, -0.1) is 0 Å². The quantitative estimate of drug-likeness (QED) is 0.777.